The molecule has 1 aliphatic heterocycles. The lowest BCUT2D eigenvalue weighted by atomic mass is 9.82. The Labute approximate surface area is 129 Å². The third-order valence-electron chi connectivity index (χ3n) is 4.12. The Balaban J connectivity index is 2.16. The molecular weight excluding hydrogens is 292 g/mol. The third-order valence-corrected chi connectivity index (χ3v) is 4.12. The van der Waals surface area contributed by atoms with Crippen LogP contribution in [0.2, 0.25) is 0 Å². The van der Waals surface area contributed by atoms with Gasteiger partial charge >= 0.3 is 6.61 Å². The summed E-state index contributed by atoms with van der Waals surface area (Å²) in [6, 6.07) is 4.84. The molecule has 0 bridgehead atoms. The molecule has 1 aromatic rings. The summed E-state index contributed by atoms with van der Waals surface area (Å²) in [5, 5.41) is 9.52. The summed E-state index contributed by atoms with van der Waals surface area (Å²) in [5.74, 6) is 0.783. The van der Waals surface area contributed by atoms with E-state index in [1.54, 1.807) is 12.1 Å². The molecule has 1 aromatic carbocycles. The lowest BCUT2D eigenvalue weighted by molar-refractivity contribution is -0.0511. The summed E-state index contributed by atoms with van der Waals surface area (Å²) in [4.78, 5) is 2.16. The van der Waals surface area contributed by atoms with Crippen LogP contribution in [-0.2, 0) is 6.54 Å². The number of alkyl halides is 2. The summed E-state index contributed by atoms with van der Waals surface area (Å²) in [5.41, 5.74) is 0.530. The van der Waals surface area contributed by atoms with Gasteiger partial charge in [-0.3, -0.25) is 4.90 Å². The van der Waals surface area contributed by atoms with Gasteiger partial charge in [0.05, 0.1) is 7.11 Å². The predicted molar refractivity (Wildman–Crippen MR) is 79.3 cm³/mol. The first-order chi connectivity index (χ1) is 10.5. The van der Waals surface area contributed by atoms with E-state index >= 15 is 0 Å². The van der Waals surface area contributed by atoms with Gasteiger partial charge in [-0.15, -0.1) is 0 Å². The van der Waals surface area contributed by atoms with Crippen molar-refractivity contribution in [2.75, 3.05) is 26.8 Å². The van der Waals surface area contributed by atoms with E-state index in [0.717, 1.165) is 25.9 Å². The van der Waals surface area contributed by atoms with Crippen LogP contribution in [0.1, 0.15) is 25.3 Å². The molecule has 22 heavy (non-hydrogen) atoms. The van der Waals surface area contributed by atoms with E-state index in [9.17, 15) is 13.9 Å². The lowest BCUT2D eigenvalue weighted by Crippen LogP contribution is -2.43. The topological polar surface area (TPSA) is 41.9 Å². The van der Waals surface area contributed by atoms with E-state index in [0.29, 0.717) is 17.9 Å². The number of rotatable bonds is 6. The number of halogens is 2. The van der Waals surface area contributed by atoms with Crippen LogP contribution >= 0.6 is 0 Å². The number of ether oxygens (including phenoxy) is 2. The number of methoxy groups -OCH3 is 1. The van der Waals surface area contributed by atoms with E-state index in [-0.39, 0.29) is 17.8 Å². The Hall–Kier alpha value is -1.40. The molecule has 0 amide bonds. The van der Waals surface area contributed by atoms with Crippen molar-refractivity contribution in [1.29, 1.82) is 0 Å². The van der Waals surface area contributed by atoms with Crippen molar-refractivity contribution in [2.45, 2.75) is 32.9 Å². The van der Waals surface area contributed by atoms with Crippen molar-refractivity contribution in [2.24, 2.45) is 5.41 Å². The summed E-state index contributed by atoms with van der Waals surface area (Å²) >= 11 is 0. The fourth-order valence-corrected chi connectivity index (χ4v) is 2.95. The summed E-state index contributed by atoms with van der Waals surface area (Å²) in [6.07, 6.45) is 1.95. The van der Waals surface area contributed by atoms with Crippen LogP contribution in [0.3, 0.4) is 0 Å². The van der Waals surface area contributed by atoms with Crippen LogP contribution in [0.5, 0.6) is 11.5 Å². The fraction of sp³-hybridized carbons (Fsp3) is 0.625. The maximum atomic E-state index is 12.5. The molecule has 1 aliphatic rings. The number of piperidine rings is 1. The molecule has 1 saturated heterocycles. The maximum absolute atomic E-state index is 12.5. The Morgan fingerprint density at radius 2 is 2.18 bits per heavy atom. The van der Waals surface area contributed by atoms with Gasteiger partial charge < -0.3 is 14.6 Å². The highest BCUT2D eigenvalue weighted by atomic mass is 19.3. The number of aliphatic hydroxyl groups is 1. The molecule has 124 valence electrons. The Morgan fingerprint density at radius 3 is 2.82 bits per heavy atom. The summed E-state index contributed by atoms with van der Waals surface area (Å²) in [7, 11) is 1.54. The molecule has 1 atom stereocenters. The standard InChI is InChI=1S/C16H23F2NO3/c1-16(11-20)6-3-7-19(10-16)9-12-8-13(21-2)4-5-14(12)22-15(17)18/h4-5,8,15,20H,3,6-7,9-11H2,1-2H3/t16-/m1/s1. The number of hydrogen-bond donors (Lipinski definition) is 1. The minimum Gasteiger partial charge on any atom is -0.497 e. The highest BCUT2D eigenvalue weighted by Gasteiger charge is 2.30. The molecule has 0 aromatic heterocycles. The average molecular weight is 315 g/mol. The number of hydrogen-bond acceptors (Lipinski definition) is 4. The van der Waals surface area contributed by atoms with Crippen molar-refractivity contribution in [1.82, 2.24) is 4.90 Å². The minimum atomic E-state index is -2.85. The smallest absolute Gasteiger partial charge is 0.387 e. The van der Waals surface area contributed by atoms with Crippen LogP contribution < -0.4 is 9.47 Å². The van der Waals surface area contributed by atoms with Crippen molar-refractivity contribution < 1.29 is 23.4 Å². The highest BCUT2D eigenvalue weighted by Crippen LogP contribution is 2.32. The molecule has 0 radical (unpaired) electrons. The van der Waals surface area contributed by atoms with Gasteiger partial charge in [0.25, 0.3) is 0 Å². The summed E-state index contributed by atoms with van der Waals surface area (Å²) < 4.78 is 34.8. The SMILES string of the molecule is COc1ccc(OC(F)F)c(CN2CCC[C@@](C)(CO)C2)c1. The number of nitrogens with zero attached hydrogens (tertiary/aromatic N) is 1. The van der Waals surface area contributed by atoms with E-state index in [2.05, 4.69) is 9.64 Å². The van der Waals surface area contributed by atoms with Crippen molar-refractivity contribution in [3.05, 3.63) is 23.8 Å². The largest absolute Gasteiger partial charge is 0.497 e. The average Bonchev–Trinajstić information content (AvgIpc) is 2.48. The second kappa shape index (κ2) is 7.24. The maximum Gasteiger partial charge on any atom is 0.387 e. The Bertz CT molecular complexity index is 498. The molecular formula is C16H23F2NO3. The Kier molecular flexibility index (Phi) is 5.58. The van der Waals surface area contributed by atoms with E-state index in [1.807, 2.05) is 6.92 Å². The molecule has 0 saturated carbocycles. The van der Waals surface area contributed by atoms with Gasteiger partial charge in [0.2, 0.25) is 0 Å². The molecule has 2 rings (SSSR count). The van der Waals surface area contributed by atoms with Gasteiger partial charge in [-0.1, -0.05) is 6.92 Å². The number of benzene rings is 1. The molecule has 0 spiro atoms. The lowest BCUT2D eigenvalue weighted by Gasteiger charge is -2.39. The van der Waals surface area contributed by atoms with E-state index in [4.69, 9.17) is 4.74 Å². The molecule has 1 N–H and O–H groups in total. The number of aliphatic hydroxyl groups excluding tert-OH is 1. The van der Waals surface area contributed by atoms with Crippen LogP contribution in [0, 0.1) is 5.41 Å². The zero-order chi connectivity index (χ0) is 16.2. The van der Waals surface area contributed by atoms with Crippen LogP contribution in [0.15, 0.2) is 18.2 Å². The quantitative estimate of drug-likeness (QED) is 0.876. The first-order valence-electron chi connectivity index (χ1n) is 7.41. The molecule has 1 fully saturated rings. The van der Waals surface area contributed by atoms with E-state index < -0.39 is 6.61 Å². The molecule has 0 aliphatic carbocycles. The zero-order valence-corrected chi connectivity index (χ0v) is 13.0. The second-order valence-electron chi connectivity index (χ2n) is 6.14. The van der Waals surface area contributed by atoms with Gasteiger partial charge in [0.1, 0.15) is 11.5 Å². The van der Waals surface area contributed by atoms with Gasteiger partial charge in [-0.2, -0.15) is 8.78 Å². The molecule has 1 heterocycles. The first kappa shape index (κ1) is 17.0. The highest BCUT2D eigenvalue weighted by molar-refractivity contribution is 5.40. The van der Waals surface area contributed by atoms with Crippen molar-refractivity contribution >= 4 is 0 Å². The van der Waals surface area contributed by atoms with Crippen molar-refractivity contribution in [3.8, 4) is 11.5 Å². The van der Waals surface area contributed by atoms with Crippen LogP contribution in [-0.4, -0.2) is 43.4 Å². The summed E-state index contributed by atoms with van der Waals surface area (Å²) in [6.45, 7) is 1.42. The van der Waals surface area contributed by atoms with Gasteiger partial charge in [-0.25, -0.2) is 0 Å². The van der Waals surface area contributed by atoms with Gasteiger partial charge in [0, 0.05) is 30.7 Å². The van der Waals surface area contributed by atoms with Crippen LogP contribution in [0.25, 0.3) is 0 Å². The van der Waals surface area contributed by atoms with E-state index in [1.165, 1.54) is 13.2 Å². The third kappa shape index (κ3) is 4.30. The fourth-order valence-electron chi connectivity index (χ4n) is 2.95. The molecule has 0 unspecified atom stereocenters. The van der Waals surface area contributed by atoms with Gasteiger partial charge in [0.15, 0.2) is 0 Å². The first-order valence-corrected chi connectivity index (χ1v) is 7.41. The van der Waals surface area contributed by atoms with Gasteiger partial charge in [-0.05, 0) is 37.6 Å². The molecule has 4 nitrogen and oxygen atoms in total. The number of likely N-dealkylation sites (tertiary alicyclic amines) is 1. The normalized spacial score (nSPS) is 22.8. The monoisotopic (exact) mass is 315 g/mol. The van der Waals surface area contributed by atoms with Crippen molar-refractivity contribution in [3.63, 3.8) is 0 Å². The zero-order valence-electron chi connectivity index (χ0n) is 13.0. The van der Waals surface area contributed by atoms with Crippen LogP contribution in [0.4, 0.5) is 8.78 Å². The predicted octanol–water partition coefficient (Wildman–Crippen LogP) is 2.89. The molecule has 6 heteroatoms. The Morgan fingerprint density at radius 1 is 1.41 bits per heavy atom. The second-order valence-corrected chi connectivity index (χ2v) is 6.14. The minimum absolute atomic E-state index is 0.127.